The fourth-order valence-corrected chi connectivity index (χ4v) is 1.72. The van der Waals surface area contributed by atoms with Crippen LogP contribution in [0.3, 0.4) is 0 Å². The minimum Gasteiger partial charge on any atom is -0.382 e. The maximum absolute atomic E-state index is 13.7. The molecule has 1 amide bonds. The lowest BCUT2D eigenvalue weighted by Crippen LogP contribution is -2.32. The number of nitrogens with zero attached hydrogens (tertiary/aromatic N) is 3. The quantitative estimate of drug-likeness (QED) is 0.914. The van der Waals surface area contributed by atoms with Gasteiger partial charge in [-0.15, -0.1) is 0 Å². The summed E-state index contributed by atoms with van der Waals surface area (Å²) < 4.78 is 13.7. The summed E-state index contributed by atoms with van der Waals surface area (Å²) in [5, 5.41) is 0. The van der Waals surface area contributed by atoms with Gasteiger partial charge in [0.25, 0.3) is 5.91 Å². The minimum absolute atomic E-state index is 0.0881. The molecule has 0 aliphatic carbocycles. The second-order valence-electron chi connectivity index (χ2n) is 3.83. The molecule has 0 saturated carbocycles. The highest BCUT2D eigenvalue weighted by Gasteiger charge is 2.20. The summed E-state index contributed by atoms with van der Waals surface area (Å²) in [5.74, 6) is -0.752. The average molecular weight is 260 g/mol. The molecule has 6 heteroatoms. The van der Waals surface area contributed by atoms with E-state index in [1.807, 2.05) is 0 Å². The number of nitrogen functional groups attached to an aromatic ring is 1. The van der Waals surface area contributed by atoms with Gasteiger partial charge in [-0.2, -0.15) is 0 Å². The molecule has 2 rings (SSSR count). The van der Waals surface area contributed by atoms with Crippen molar-refractivity contribution in [3.05, 3.63) is 48.2 Å². The van der Waals surface area contributed by atoms with Gasteiger partial charge in [0.1, 0.15) is 17.3 Å². The first-order valence-electron chi connectivity index (χ1n) is 5.77. The largest absolute Gasteiger partial charge is 0.382 e. The number of hydrogen-bond acceptors (Lipinski definition) is 4. The van der Waals surface area contributed by atoms with E-state index in [0.29, 0.717) is 6.54 Å². The number of para-hydroxylation sites is 1. The van der Waals surface area contributed by atoms with Crippen LogP contribution in [0.1, 0.15) is 17.4 Å². The monoisotopic (exact) mass is 260 g/mol. The van der Waals surface area contributed by atoms with E-state index in [1.165, 1.54) is 29.4 Å². The molecule has 0 bridgehead atoms. The highest BCUT2D eigenvalue weighted by Crippen LogP contribution is 2.20. The summed E-state index contributed by atoms with van der Waals surface area (Å²) in [6.07, 6.45) is 2.65. The normalized spacial score (nSPS) is 10.2. The Balaban J connectivity index is 2.38. The van der Waals surface area contributed by atoms with Crippen molar-refractivity contribution in [1.82, 2.24) is 9.97 Å². The van der Waals surface area contributed by atoms with Crippen LogP contribution in [0.25, 0.3) is 0 Å². The van der Waals surface area contributed by atoms with Crippen LogP contribution in [0.5, 0.6) is 0 Å². The maximum Gasteiger partial charge on any atom is 0.278 e. The van der Waals surface area contributed by atoms with Gasteiger partial charge in [0.05, 0.1) is 18.1 Å². The van der Waals surface area contributed by atoms with E-state index in [1.54, 1.807) is 19.1 Å². The van der Waals surface area contributed by atoms with Crippen LogP contribution in [0.15, 0.2) is 36.7 Å². The molecule has 1 aromatic heterocycles. The van der Waals surface area contributed by atoms with Crippen LogP contribution in [-0.4, -0.2) is 22.4 Å². The minimum atomic E-state index is -0.463. The summed E-state index contributed by atoms with van der Waals surface area (Å²) in [6, 6.07) is 6.07. The van der Waals surface area contributed by atoms with Gasteiger partial charge in [0.15, 0.2) is 0 Å². The molecular formula is C13H13FN4O. The first kappa shape index (κ1) is 12.9. The van der Waals surface area contributed by atoms with Gasteiger partial charge in [-0.05, 0) is 19.1 Å². The van der Waals surface area contributed by atoms with E-state index >= 15 is 0 Å². The lowest BCUT2D eigenvalue weighted by molar-refractivity contribution is 0.0982. The molecular weight excluding hydrogens is 247 g/mol. The van der Waals surface area contributed by atoms with E-state index in [4.69, 9.17) is 5.73 Å². The summed E-state index contributed by atoms with van der Waals surface area (Å²) in [5.41, 5.74) is 5.78. The van der Waals surface area contributed by atoms with Crippen LogP contribution >= 0.6 is 0 Å². The van der Waals surface area contributed by atoms with Crippen molar-refractivity contribution in [2.24, 2.45) is 0 Å². The van der Waals surface area contributed by atoms with Crippen molar-refractivity contribution in [1.29, 1.82) is 0 Å². The van der Waals surface area contributed by atoms with E-state index in [0.717, 1.165) is 0 Å². The Labute approximate surface area is 109 Å². The Bertz CT molecular complexity index is 603. The van der Waals surface area contributed by atoms with Crippen LogP contribution in [0.4, 0.5) is 15.9 Å². The number of amides is 1. The molecule has 5 nitrogen and oxygen atoms in total. The predicted octanol–water partition coefficient (Wildman–Crippen LogP) is 1.86. The highest BCUT2D eigenvalue weighted by atomic mass is 19.1. The fourth-order valence-electron chi connectivity index (χ4n) is 1.72. The molecule has 19 heavy (non-hydrogen) atoms. The van der Waals surface area contributed by atoms with Crippen LogP contribution in [-0.2, 0) is 0 Å². The predicted molar refractivity (Wildman–Crippen MR) is 70.2 cm³/mol. The van der Waals surface area contributed by atoms with Crippen molar-refractivity contribution < 1.29 is 9.18 Å². The van der Waals surface area contributed by atoms with Crippen LogP contribution in [0.2, 0.25) is 0 Å². The molecule has 2 N–H and O–H groups in total. The Kier molecular flexibility index (Phi) is 3.70. The number of anilines is 2. The number of carbonyl (C=O) groups excluding carboxylic acids is 1. The van der Waals surface area contributed by atoms with Gasteiger partial charge in [-0.25, -0.2) is 9.37 Å². The zero-order valence-electron chi connectivity index (χ0n) is 10.4. The van der Waals surface area contributed by atoms with E-state index in [9.17, 15) is 9.18 Å². The first-order chi connectivity index (χ1) is 9.13. The summed E-state index contributed by atoms with van der Waals surface area (Å²) in [4.78, 5) is 21.3. The molecule has 0 aliphatic heterocycles. The lowest BCUT2D eigenvalue weighted by atomic mass is 10.2. The number of nitrogens with two attached hydrogens (primary N) is 1. The zero-order valence-corrected chi connectivity index (χ0v) is 10.4. The third-order valence-electron chi connectivity index (χ3n) is 2.58. The average Bonchev–Trinajstić information content (AvgIpc) is 2.41. The molecule has 0 aliphatic rings. The number of rotatable bonds is 3. The van der Waals surface area contributed by atoms with Crippen molar-refractivity contribution in [2.45, 2.75) is 6.92 Å². The first-order valence-corrected chi connectivity index (χ1v) is 5.77. The number of carbonyl (C=O) groups is 1. The summed E-state index contributed by atoms with van der Waals surface area (Å²) >= 11 is 0. The lowest BCUT2D eigenvalue weighted by Gasteiger charge is -2.20. The number of benzene rings is 1. The Morgan fingerprint density at radius 3 is 2.74 bits per heavy atom. The molecule has 0 fully saturated rings. The van der Waals surface area contributed by atoms with Crippen molar-refractivity contribution >= 4 is 17.4 Å². The maximum atomic E-state index is 13.7. The van der Waals surface area contributed by atoms with Gasteiger partial charge in [-0.1, -0.05) is 12.1 Å². The molecule has 1 aromatic carbocycles. The Hall–Kier alpha value is -2.50. The molecule has 98 valence electrons. The van der Waals surface area contributed by atoms with E-state index in [-0.39, 0.29) is 17.2 Å². The molecule has 0 unspecified atom stereocenters. The standard InChI is InChI=1S/C13H13FN4O/c1-2-18(11-6-4-3-5-9(11)14)13(19)10-7-16-8-12(15)17-10/h3-8H,2H2,1H3,(H2,15,17). The SMILES string of the molecule is CCN(C(=O)c1cncc(N)n1)c1ccccc1F. The van der Waals surface area contributed by atoms with E-state index < -0.39 is 11.7 Å². The zero-order chi connectivity index (χ0) is 13.8. The van der Waals surface area contributed by atoms with Gasteiger partial charge >= 0.3 is 0 Å². The summed E-state index contributed by atoms with van der Waals surface area (Å²) in [7, 11) is 0. The molecule has 0 radical (unpaired) electrons. The van der Waals surface area contributed by atoms with Crippen molar-refractivity contribution in [3.63, 3.8) is 0 Å². The molecule has 0 atom stereocenters. The number of hydrogen-bond donors (Lipinski definition) is 1. The van der Waals surface area contributed by atoms with Crippen molar-refractivity contribution in [2.75, 3.05) is 17.2 Å². The van der Waals surface area contributed by atoms with Crippen LogP contribution in [0, 0.1) is 5.82 Å². The topological polar surface area (TPSA) is 72.1 Å². The van der Waals surface area contributed by atoms with E-state index in [2.05, 4.69) is 9.97 Å². The second kappa shape index (κ2) is 5.43. The molecule has 0 spiro atoms. The second-order valence-corrected chi connectivity index (χ2v) is 3.83. The third kappa shape index (κ3) is 2.67. The molecule has 0 saturated heterocycles. The third-order valence-corrected chi connectivity index (χ3v) is 2.58. The van der Waals surface area contributed by atoms with Gasteiger partial charge in [0.2, 0.25) is 0 Å². The van der Waals surface area contributed by atoms with Gasteiger partial charge in [-0.3, -0.25) is 9.78 Å². The number of halogens is 1. The molecule has 1 heterocycles. The Morgan fingerprint density at radius 2 is 2.11 bits per heavy atom. The summed E-state index contributed by atoms with van der Waals surface area (Å²) in [6.45, 7) is 2.07. The highest BCUT2D eigenvalue weighted by molar-refractivity contribution is 6.04. The van der Waals surface area contributed by atoms with Crippen LogP contribution < -0.4 is 10.6 Å². The fraction of sp³-hybridized carbons (Fsp3) is 0.154. The van der Waals surface area contributed by atoms with Crippen molar-refractivity contribution in [3.8, 4) is 0 Å². The Morgan fingerprint density at radius 1 is 1.37 bits per heavy atom. The van der Waals surface area contributed by atoms with Gasteiger partial charge < -0.3 is 10.6 Å². The smallest absolute Gasteiger partial charge is 0.278 e. The molecule has 2 aromatic rings. The van der Waals surface area contributed by atoms with Gasteiger partial charge in [0, 0.05) is 6.54 Å². The number of aromatic nitrogens is 2.